The van der Waals surface area contributed by atoms with Crippen molar-refractivity contribution in [3.63, 3.8) is 0 Å². The van der Waals surface area contributed by atoms with Gasteiger partial charge in [-0.15, -0.1) is 12.4 Å². The van der Waals surface area contributed by atoms with Crippen LogP contribution in [0.1, 0.15) is 27.7 Å². The van der Waals surface area contributed by atoms with Crippen LogP contribution < -0.4 is 5.73 Å². The number of carbonyl (C=O) groups is 1. The molecule has 0 spiro atoms. The van der Waals surface area contributed by atoms with Crippen LogP contribution in [0.15, 0.2) is 12.2 Å². The summed E-state index contributed by atoms with van der Waals surface area (Å²) in [6.07, 6.45) is 0. The van der Waals surface area contributed by atoms with E-state index in [1.807, 2.05) is 20.8 Å². The molecular formula is C10H20ClNO2. The monoisotopic (exact) mass is 221 g/mol. The maximum absolute atomic E-state index is 11.0. The average molecular weight is 222 g/mol. The smallest absolute Gasteiger partial charge is 0.333 e. The Morgan fingerprint density at radius 2 is 2.00 bits per heavy atom. The minimum atomic E-state index is -0.351. The zero-order valence-electron chi connectivity index (χ0n) is 9.29. The molecule has 1 unspecified atom stereocenters. The van der Waals surface area contributed by atoms with Crippen molar-refractivity contribution < 1.29 is 9.53 Å². The zero-order valence-corrected chi connectivity index (χ0v) is 10.1. The second-order valence-electron chi connectivity index (χ2n) is 4.10. The molecule has 84 valence electrons. The predicted octanol–water partition coefficient (Wildman–Crippen LogP) is 1.90. The van der Waals surface area contributed by atoms with Gasteiger partial charge in [-0.3, -0.25) is 0 Å². The van der Waals surface area contributed by atoms with Gasteiger partial charge in [-0.1, -0.05) is 13.5 Å². The number of carbonyl (C=O) groups excluding carboxylic acids is 1. The summed E-state index contributed by atoms with van der Waals surface area (Å²) in [5, 5.41) is 0. The highest BCUT2D eigenvalue weighted by Gasteiger charge is 2.21. The quantitative estimate of drug-likeness (QED) is 0.583. The molecule has 0 aliphatic rings. The van der Waals surface area contributed by atoms with Gasteiger partial charge in [0.1, 0.15) is 0 Å². The Bertz CT molecular complexity index is 209. The van der Waals surface area contributed by atoms with Gasteiger partial charge in [-0.05, 0) is 20.8 Å². The second-order valence-corrected chi connectivity index (χ2v) is 4.10. The molecule has 0 aromatic carbocycles. The molecule has 0 amide bonds. The van der Waals surface area contributed by atoms with E-state index in [1.54, 1.807) is 6.92 Å². The molecule has 1 atom stereocenters. The summed E-state index contributed by atoms with van der Waals surface area (Å²) in [4.78, 5) is 11.0. The molecule has 0 aliphatic carbocycles. The predicted molar refractivity (Wildman–Crippen MR) is 60.5 cm³/mol. The van der Waals surface area contributed by atoms with Gasteiger partial charge in [-0.2, -0.15) is 0 Å². The topological polar surface area (TPSA) is 52.3 Å². The summed E-state index contributed by atoms with van der Waals surface area (Å²) in [5.74, 6) is -0.216. The molecular weight excluding hydrogens is 202 g/mol. The first-order valence-corrected chi connectivity index (χ1v) is 4.36. The molecule has 0 aliphatic heterocycles. The number of halogens is 1. The Kier molecular flexibility index (Phi) is 6.86. The highest BCUT2D eigenvalue weighted by atomic mass is 35.5. The Morgan fingerprint density at radius 1 is 1.57 bits per heavy atom. The van der Waals surface area contributed by atoms with Crippen LogP contribution in [0.25, 0.3) is 0 Å². The van der Waals surface area contributed by atoms with Crippen molar-refractivity contribution in [2.75, 3.05) is 6.61 Å². The van der Waals surface area contributed by atoms with E-state index < -0.39 is 0 Å². The first kappa shape index (κ1) is 15.9. The number of hydrogen-bond acceptors (Lipinski definition) is 3. The van der Waals surface area contributed by atoms with Crippen molar-refractivity contribution in [1.29, 1.82) is 0 Å². The average Bonchev–Trinajstić information content (AvgIpc) is 1.97. The van der Waals surface area contributed by atoms with Gasteiger partial charge in [0.05, 0.1) is 6.61 Å². The molecule has 0 saturated carbocycles. The van der Waals surface area contributed by atoms with Gasteiger partial charge in [0.2, 0.25) is 0 Å². The molecule has 0 saturated heterocycles. The van der Waals surface area contributed by atoms with Crippen molar-refractivity contribution in [3.05, 3.63) is 12.2 Å². The third-order valence-corrected chi connectivity index (χ3v) is 2.08. The molecule has 0 fully saturated rings. The van der Waals surface area contributed by atoms with E-state index in [0.29, 0.717) is 12.2 Å². The summed E-state index contributed by atoms with van der Waals surface area (Å²) < 4.78 is 4.97. The number of esters is 1. The number of hydrogen-bond donors (Lipinski definition) is 1. The fourth-order valence-electron chi connectivity index (χ4n) is 0.539. The van der Waals surface area contributed by atoms with Crippen molar-refractivity contribution in [2.45, 2.75) is 33.2 Å². The lowest BCUT2D eigenvalue weighted by molar-refractivity contribution is -0.140. The first-order chi connectivity index (χ1) is 5.75. The van der Waals surface area contributed by atoms with E-state index in [0.717, 1.165) is 0 Å². The van der Waals surface area contributed by atoms with Crippen LogP contribution in [-0.2, 0) is 9.53 Å². The van der Waals surface area contributed by atoms with E-state index in [-0.39, 0.29) is 29.8 Å². The summed E-state index contributed by atoms with van der Waals surface area (Å²) in [5.41, 5.74) is 5.92. The number of nitrogens with two attached hydrogens (primary N) is 1. The van der Waals surface area contributed by atoms with Crippen LogP contribution in [0.5, 0.6) is 0 Å². The first-order valence-electron chi connectivity index (χ1n) is 4.36. The Balaban J connectivity index is 0. The van der Waals surface area contributed by atoms with Crippen LogP contribution >= 0.6 is 12.4 Å². The van der Waals surface area contributed by atoms with E-state index in [2.05, 4.69) is 6.58 Å². The molecule has 0 rings (SSSR count). The van der Waals surface area contributed by atoms with Crippen LogP contribution in [0, 0.1) is 5.92 Å². The lowest BCUT2D eigenvalue weighted by atomic mass is 9.91. The lowest BCUT2D eigenvalue weighted by Gasteiger charge is -2.26. The molecule has 14 heavy (non-hydrogen) atoms. The van der Waals surface area contributed by atoms with Crippen molar-refractivity contribution >= 4 is 18.4 Å². The van der Waals surface area contributed by atoms with Crippen LogP contribution in [-0.4, -0.2) is 18.1 Å². The minimum absolute atomic E-state index is 0. The van der Waals surface area contributed by atoms with Gasteiger partial charge >= 0.3 is 5.97 Å². The third kappa shape index (κ3) is 6.00. The molecule has 0 aromatic rings. The fourth-order valence-corrected chi connectivity index (χ4v) is 0.539. The molecule has 2 N–H and O–H groups in total. The highest BCUT2D eigenvalue weighted by Crippen LogP contribution is 2.13. The van der Waals surface area contributed by atoms with Gasteiger partial charge in [-0.25, -0.2) is 4.79 Å². The Morgan fingerprint density at radius 3 is 2.29 bits per heavy atom. The Hall–Kier alpha value is -0.540. The minimum Gasteiger partial charge on any atom is -0.462 e. The summed E-state index contributed by atoms with van der Waals surface area (Å²) in [6.45, 7) is 11.2. The molecule has 0 heterocycles. The number of ether oxygens (including phenoxy) is 1. The molecule has 0 radical (unpaired) electrons. The molecule has 3 nitrogen and oxygen atoms in total. The van der Waals surface area contributed by atoms with E-state index in [9.17, 15) is 4.79 Å². The highest BCUT2D eigenvalue weighted by molar-refractivity contribution is 5.86. The lowest BCUT2D eigenvalue weighted by Crippen LogP contribution is -2.41. The van der Waals surface area contributed by atoms with Crippen molar-refractivity contribution in [1.82, 2.24) is 0 Å². The molecule has 4 heteroatoms. The van der Waals surface area contributed by atoms with E-state index in [1.165, 1.54) is 0 Å². The van der Waals surface area contributed by atoms with Crippen molar-refractivity contribution in [2.24, 2.45) is 11.7 Å². The van der Waals surface area contributed by atoms with E-state index in [4.69, 9.17) is 10.5 Å². The van der Waals surface area contributed by atoms with Crippen molar-refractivity contribution in [3.8, 4) is 0 Å². The molecule has 0 aromatic heterocycles. The number of rotatable bonds is 4. The summed E-state index contributed by atoms with van der Waals surface area (Å²) in [6, 6.07) is 0. The third-order valence-electron chi connectivity index (χ3n) is 2.08. The summed E-state index contributed by atoms with van der Waals surface area (Å²) in [7, 11) is 0. The second kappa shape index (κ2) is 6.04. The standard InChI is InChI=1S/C10H19NO2.ClH/c1-7(2)9(12)13-6-8(3)10(4,5)11;/h8H,1,6,11H2,2-5H3;1H. The van der Waals surface area contributed by atoms with Crippen LogP contribution in [0.2, 0.25) is 0 Å². The maximum atomic E-state index is 11.0. The zero-order chi connectivity index (χ0) is 10.6. The Labute approximate surface area is 92.1 Å². The van der Waals surface area contributed by atoms with Gasteiger partial charge in [0.25, 0.3) is 0 Å². The largest absolute Gasteiger partial charge is 0.462 e. The van der Waals surface area contributed by atoms with Crippen LogP contribution in [0.4, 0.5) is 0 Å². The van der Waals surface area contributed by atoms with Crippen LogP contribution in [0.3, 0.4) is 0 Å². The van der Waals surface area contributed by atoms with Gasteiger partial charge in [0, 0.05) is 17.0 Å². The molecule has 0 bridgehead atoms. The SMILES string of the molecule is C=C(C)C(=O)OCC(C)C(C)(C)N.Cl. The summed E-state index contributed by atoms with van der Waals surface area (Å²) >= 11 is 0. The van der Waals surface area contributed by atoms with E-state index >= 15 is 0 Å². The normalized spacial score (nSPS) is 12.6. The fraction of sp³-hybridized carbons (Fsp3) is 0.700. The maximum Gasteiger partial charge on any atom is 0.333 e. The van der Waals surface area contributed by atoms with Gasteiger partial charge < -0.3 is 10.5 Å². The van der Waals surface area contributed by atoms with Gasteiger partial charge in [0.15, 0.2) is 0 Å².